The van der Waals surface area contributed by atoms with Gasteiger partial charge in [0.25, 0.3) is 0 Å². The van der Waals surface area contributed by atoms with Crippen molar-refractivity contribution in [3.05, 3.63) is 30.3 Å². The van der Waals surface area contributed by atoms with E-state index in [4.69, 9.17) is 4.74 Å². The van der Waals surface area contributed by atoms with Crippen molar-refractivity contribution in [1.82, 2.24) is 15.5 Å². The Labute approximate surface area is 166 Å². The molecule has 1 saturated heterocycles. The average molecular weight is 383 g/mol. The molecule has 2 fully saturated rings. The van der Waals surface area contributed by atoms with Gasteiger partial charge in [-0.1, -0.05) is 19.3 Å². The number of rotatable bonds is 5. The molecule has 1 atom stereocenters. The number of methoxy groups -OCH3 is 1. The Morgan fingerprint density at radius 3 is 2.68 bits per heavy atom. The molecule has 1 saturated carbocycles. The van der Waals surface area contributed by atoms with E-state index in [-0.39, 0.29) is 17.9 Å². The molecule has 1 aromatic carbocycles. The van der Waals surface area contributed by atoms with E-state index in [1.54, 1.807) is 7.11 Å². The number of amides is 1. The summed E-state index contributed by atoms with van der Waals surface area (Å²) in [5, 5.41) is 11.0. The molecule has 2 aliphatic rings. The minimum Gasteiger partial charge on any atom is -0.497 e. The van der Waals surface area contributed by atoms with Crippen LogP contribution in [0.1, 0.15) is 44.9 Å². The quantitative estimate of drug-likeness (QED) is 0.826. The molecular formula is C22H30N4O2. The van der Waals surface area contributed by atoms with Crippen LogP contribution < -0.4 is 15.0 Å². The second-order valence-corrected chi connectivity index (χ2v) is 8.00. The molecule has 6 nitrogen and oxygen atoms in total. The van der Waals surface area contributed by atoms with Gasteiger partial charge in [0.1, 0.15) is 5.75 Å². The molecule has 4 rings (SSSR count). The number of ether oxygens (including phenoxy) is 1. The number of H-pyrrole nitrogens is 1. The highest BCUT2D eigenvalue weighted by Gasteiger charge is 2.27. The van der Waals surface area contributed by atoms with E-state index in [1.807, 2.05) is 24.3 Å². The van der Waals surface area contributed by atoms with Crippen LogP contribution in [0.2, 0.25) is 0 Å². The van der Waals surface area contributed by atoms with Crippen LogP contribution in [-0.4, -0.2) is 42.3 Å². The molecule has 2 N–H and O–H groups in total. The maximum absolute atomic E-state index is 12.6. The standard InChI is InChI=1S/C22H30N4O2/c1-28-19-11-9-16(10-12-19)20-14-21(25-24-20)26-13-5-8-18(15-26)23-22(27)17-6-3-2-4-7-17/h9-12,14,17-18H,2-8,13,15H2,1H3,(H,23,27)(H,24,25)/t18-/m0/s1. The molecule has 1 aliphatic heterocycles. The molecule has 0 spiro atoms. The molecule has 1 amide bonds. The number of benzene rings is 1. The SMILES string of the molecule is COc1ccc(-c2cc(N3CCC[C@H](NC(=O)C4CCCCC4)C3)n[nH]2)cc1. The van der Waals surface area contributed by atoms with Crippen LogP contribution in [0.5, 0.6) is 5.75 Å². The minimum atomic E-state index is 0.212. The number of hydrogen-bond donors (Lipinski definition) is 2. The van der Waals surface area contributed by atoms with Gasteiger partial charge in [0.15, 0.2) is 5.82 Å². The van der Waals surface area contributed by atoms with E-state index < -0.39 is 0 Å². The number of nitrogens with zero attached hydrogens (tertiary/aromatic N) is 2. The first-order chi connectivity index (χ1) is 13.7. The largest absolute Gasteiger partial charge is 0.497 e. The summed E-state index contributed by atoms with van der Waals surface area (Å²) in [7, 11) is 1.67. The van der Waals surface area contributed by atoms with Crippen molar-refractivity contribution in [1.29, 1.82) is 0 Å². The Kier molecular flexibility index (Phi) is 5.84. The van der Waals surface area contributed by atoms with Gasteiger partial charge in [-0.05, 0) is 55.5 Å². The first-order valence-electron chi connectivity index (χ1n) is 10.5. The van der Waals surface area contributed by atoms with Crippen molar-refractivity contribution in [2.75, 3.05) is 25.1 Å². The molecule has 0 bridgehead atoms. The van der Waals surface area contributed by atoms with Crippen molar-refractivity contribution in [2.45, 2.75) is 51.0 Å². The summed E-state index contributed by atoms with van der Waals surface area (Å²) in [5.74, 6) is 2.27. The third kappa shape index (κ3) is 4.32. The van der Waals surface area contributed by atoms with Crippen molar-refractivity contribution >= 4 is 11.7 Å². The first kappa shape index (κ1) is 18.8. The van der Waals surface area contributed by atoms with E-state index in [0.29, 0.717) is 0 Å². The van der Waals surface area contributed by atoms with Crippen LogP contribution in [-0.2, 0) is 4.79 Å². The fourth-order valence-electron chi connectivity index (χ4n) is 4.38. The highest BCUT2D eigenvalue weighted by molar-refractivity contribution is 5.79. The maximum atomic E-state index is 12.6. The van der Waals surface area contributed by atoms with E-state index in [0.717, 1.165) is 61.6 Å². The smallest absolute Gasteiger partial charge is 0.223 e. The molecule has 2 aromatic rings. The minimum absolute atomic E-state index is 0.212. The number of anilines is 1. The zero-order valence-electron chi connectivity index (χ0n) is 16.6. The number of carbonyl (C=O) groups is 1. The lowest BCUT2D eigenvalue weighted by Crippen LogP contribution is -2.49. The molecule has 0 unspecified atom stereocenters. The number of aromatic amines is 1. The van der Waals surface area contributed by atoms with Crippen LogP contribution in [0.15, 0.2) is 30.3 Å². The van der Waals surface area contributed by atoms with Gasteiger partial charge in [0.05, 0.1) is 12.8 Å². The Bertz CT molecular complexity index is 780. The van der Waals surface area contributed by atoms with Gasteiger partial charge in [0, 0.05) is 31.1 Å². The maximum Gasteiger partial charge on any atom is 0.223 e. The van der Waals surface area contributed by atoms with Gasteiger partial charge in [-0.25, -0.2) is 0 Å². The lowest BCUT2D eigenvalue weighted by Gasteiger charge is -2.34. The van der Waals surface area contributed by atoms with Gasteiger partial charge in [0.2, 0.25) is 5.91 Å². The Morgan fingerprint density at radius 1 is 1.14 bits per heavy atom. The number of nitrogens with one attached hydrogen (secondary N) is 2. The van der Waals surface area contributed by atoms with E-state index in [9.17, 15) is 4.79 Å². The second-order valence-electron chi connectivity index (χ2n) is 8.00. The zero-order valence-corrected chi connectivity index (χ0v) is 16.6. The molecule has 28 heavy (non-hydrogen) atoms. The van der Waals surface area contributed by atoms with E-state index in [1.165, 1.54) is 19.3 Å². The number of hydrogen-bond acceptors (Lipinski definition) is 4. The van der Waals surface area contributed by atoms with Crippen LogP contribution in [0.3, 0.4) is 0 Å². The summed E-state index contributed by atoms with van der Waals surface area (Å²) in [4.78, 5) is 14.9. The topological polar surface area (TPSA) is 70.2 Å². The van der Waals surface area contributed by atoms with Gasteiger partial charge in [-0.3, -0.25) is 9.89 Å². The number of aromatic nitrogens is 2. The van der Waals surface area contributed by atoms with E-state index >= 15 is 0 Å². The van der Waals surface area contributed by atoms with Crippen LogP contribution >= 0.6 is 0 Å². The summed E-state index contributed by atoms with van der Waals surface area (Å²) in [5.41, 5.74) is 2.07. The highest BCUT2D eigenvalue weighted by Crippen LogP contribution is 2.27. The summed E-state index contributed by atoms with van der Waals surface area (Å²) < 4.78 is 5.22. The first-order valence-corrected chi connectivity index (χ1v) is 10.5. The van der Waals surface area contributed by atoms with Gasteiger partial charge in [-0.2, -0.15) is 5.10 Å². The van der Waals surface area contributed by atoms with Crippen molar-refractivity contribution < 1.29 is 9.53 Å². The zero-order chi connectivity index (χ0) is 19.3. The molecule has 2 heterocycles. The molecule has 0 radical (unpaired) electrons. The number of carbonyl (C=O) groups excluding carboxylic acids is 1. The van der Waals surface area contributed by atoms with Crippen LogP contribution in [0.25, 0.3) is 11.3 Å². The lowest BCUT2D eigenvalue weighted by molar-refractivity contribution is -0.126. The van der Waals surface area contributed by atoms with Gasteiger partial charge in [-0.15, -0.1) is 0 Å². The third-order valence-electron chi connectivity index (χ3n) is 6.03. The monoisotopic (exact) mass is 382 g/mol. The molecule has 6 heteroatoms. The molecule has 1 aliphatic carbocycles. The van der Waals surface area contributed by atoms with Crippen molar-refractivity contribution in [2.24, 2.45) is 5.92 Å². The van der Waals surface area contributed by atoms with Crippen molar-refractivity contribution in [3.63, 3.8) is 0 Å². The Morgan fingerprint density at radius 2 is 1.93 bits per heavy atom. The van der Waals surface area contributed by atoms with Crippen LogP contribution in [0.4, 0.5) is 5.82 Å². The molecule has 150 valence electrons. The number of piperidine rings is 1. The predicted molar refractivity (Wildman–Crippen MR) is 111 cm³/mol. The Hall–Kier alpha value is -2.50. The third-order valence-corrected chi connectivity index (χ3v) is 6.03. The Balaban J connectivity index is 1.37. The average Bonchev–Trinajstić information content (AvgIpc) is 3.25. The summed E-state index contributed by atoms with van der Waals surface area (Å²) in [6.45, 7) is 1.80. The van der Waals surface area contributed by atoms with Crippen molar-refractivity contribution in [3.8, 4) is 17.0 Å². The fraction of sp³-hybridized carbons (Fsp3) is 0.545. The van der Waals surface area contributed by atoms with Gasteiger partial charge >= 0.3 is 0 Å². The summed E-state index contributed by atoms with van der Waals surface area (Å²) in [6, 6.07) is 10.3. The van der Waals surface area contributed by atoms with Crippen LogP contribution in [0, 0.1) is 5.92 Å². The molecule has 1 aromatic heterocycles. The molecular weight excluding hydrogens is 352 g/mol. The summed E-state index contributed by atoms with van der Waals surface area (Å²) in [6.07, 6.45) is 7.87. The van der Waals surface area contributed by atoms with E-state index in [2.05, 4.69) is 26.5 Å². The predicted octanol–water partition coefficient (Wildman–Crippen LogP) is 3.75. The fourth-order valence-corrected chi connectivity index (χ4v) is 4.38. The second kappa shape index (κ2) is 8.67. The summed E-state index contributed by atoms with van der Waals surface area (Å²) >= 11 is 0. The normalized spacial score (nSPS) is 20.8. The highest BCUT2D eigenvalue weighted by atomic mass is 16.5. The lowest BCUT2D eigenvalue weighted by atomic mass is 9.88. The van der Waals surface area contributed by atoms with Gasteiger partial charge < -0.3 is 15.0 Å².